The van der Waals surface area contributed by atoms with Gasteiger partial charge in [0.2, 0.25) is 0 Å². The standard InChI is InChI=1S/C40H78O4/c1-3-5-7-9-11-13-15-16-17-18-20-22-24-29-33-37-40(43)44-38(35-31-27-25-28-32-36-39(41)42)34-30-26-23-21-19-14-12-10-8-6-4-2/h38H,3-37H2,1-2H3,(H,41,42). The number of rotatable bonds is 37. The quantitative estimate of drug-likeness (QED) is 0.0553. The zero-order chi connectivity index (χ0) is 32.2. The lowest BCUT2D eigenvalue weighted by atomic mass is 10.0. The van der Waals surface area contributed by atoms with Gasteiger partial charge in [0, 0.05) is 12.8 Å². The van der Waals surface area contributed by atoms with Crippen molar-refractivity contribution in [1.82, 2.24) is 0 Å². The molecule has 1 unspecified atom stereocenters. The monoisotopic (exact) mass is 623 g/mol. The lowest BCUT2D eigenvalue weighted by Crippen LogP contribution is -2.18. The average Bonchev–Trinajstić information content (AvgIpc) is 3.00. The van der Waals surface area contributed by atoms with Crippen molar-refractivity contribution in [3.8, 4) is 0 Å². The SMILES string of the molecule is CCCCCCCCCCCCCCCCCC(=O)OC(CCCCCCCCCCCCC)CCCCCCCC(=O)O. The Morgan fingerprint density at radius 3 is 1.00 bits per heavy atom. The highest BCUT2D eigenvalue weighted by atomic mass is 16.5. The molecule has 0 aliphatic heterocycles. The number of ether oxygens (including phenoxy) is 1. The Morgan fingerprint density at radius 1 is 0.409 bits per heavy atom. The molecule has 4 nitrogen and oxygen atoms in total. The molecule has 0 fully saturated rings. The third kappa shape index (κ3) is 35.4. The van der Waals surface area contributed by atoms with Crippen LogP contribution >= 0.6 is 0 Å². The van der Waals surface area contributed by atoms with Gasteiger partial charge in [-0.05, 0) is 38.5 Å². The lowest BCUT2D eigenvalue weighted by Gasteiger charge is -2.18. The van der Waals surface area contributed by atoms with E-state index in [1.54, 1.807) is 0 Å². The number of carbonyl (C=O) groups is 2. The Morgan fingerprint density at radius 2 is 0.682 bits per heavy atom. The largest absolute Gasteiger partial charge is 0.481 e. The third-order valence-corrected chi connectivity index (χ3v) is 9.33. The second-order valence-electron chi connectivity index (χ2n) is 13.8. The van der Waals surface area contributed by atoms with Crippen LogP contribution in [0.1, 0.15) is 239 Å². The minimum atomic E-state index is -0.696. The van der Waals surface area contributed by atoms with Crippen LogP contribution in [0.5, 0.6) is 0 Å². The Hall–Kier alpha value is -1.06. The van der Waals surface area contributed by atoms with Crippen molar-refractivity contribution in [2.75, 3.05) is 0 Å². The molecule has 0 radical (unpaired) electrons. The molecule has 0 saturated carbocycles. The van der Waals surface area contributed by atoms with Crippen molar-refractivity contribution >= 4 is 11.9 Å². The normalized spacial score (nSPS) is 12.0. The molecule has 0 aromatic rings. The summed E-state index contributed by atoms with van der Waals surface area (Å²) >= 11 is 0. The summed E-state index contributed by atoms with van der Waals surface area (Å²) in [5, 5.41) is 8.81. The van der Waals surface area contributed by atoms with Crippen LogP contribution in [0.3, 0.4) is 0 Å². The fourth-order valence-corrected chi connectivity index (χ4v) is 6.36. The predicted octanol–water partition coefficient (Wildman–Crippen LogP) is 13.7. The number of carbonyl (C=O) groups excluding carboxylic acids is 1. The van der Waals surface area contributed by atoms with Crippen LogP contribution in [0.25, 0.3) is 0 Å². The van der Waals surface area contributed by atoms with E-state index < -0.39 is 5.97 Å². The maximum atomic E-state index is 12.6. The first-order valence-corrected chi connectivity index (χ1v) is 20.0. The predicted molar refractivity (Wildman–Crippen MR) is 190 cm³/mol. The van der Waals surface area contributed by atoms with E-state index >= 15 is 0 Å². The lowest BCUT2D eigenvalue weighted by molar-refractivity contribution is -0.150. The van der Waals surface area contributed by atoms with Gasteiger partial charge in [0.25, 0.3) is 0 Å². The van der Waals surface area contributed by atoms with Gasteiger partial charge < -0.3 is 9.84 Å². The average molecular weight is 623 g/mol. The smallest absolute Gasteiger partial charge is 0.306 e. The van der Waals surface area contributed by atoms with E-state index in [0.29, 0.717) is 6.42 Å². The van der Waals surface area contributed by atoms with Gasteiger partial charge in [0.1, 0.15) is 6.10 Å². The highest BCUT2D eigenvalue weighted by Gasteiger charge is 2.14. The van der Waals surface area contributed by atoms with Crippen LogP contribution in [0.15, 0.2) is 0 Å². The highest BCUT2D eigenvalue weighted by molar-refractivity contribution is 5.69. The molecule has 0 aliphatic rings. The van der Waals surface area contributed by atoms with E-state index in [0.717, 1.165) is 64.2 Å². The number of aliphatic carboxylic acids is 1. The van der Waals surface area contributed by atoms with Gasteiger partial charge >= 0.3 is 11.9 Å². The zero-order valence-electron chi connectivity index (χ0n) is 30.0. The van der Waals surface area contributed by atoms with Gasteiger partial charge in [0.15, 0.2) is 0 Å². The molecule has 1 N–H and O–H groups in total. The summed E-state index contributed by atoms with van der Waals surface area (Å²) in [4.78, 5) is 23.4. The van der Waals surface area contributed by atoms with Gasteiger partial charge in [-0.1, -0.05) is 187 Å². The number of hydrogen-bond donors (Lipinski definition) is 1. The molecule has 4 heteroatoms. The maximum absolute atomic E-state index is 12.6. The van der Waals surface area contributed by atoms with E-state index in [-0.39, 0.29) is 18.5 Å². The molecule has 0 bridgehead atoms. The number of carboxylic acids is 1. The first-order valence-electron chi connectivity index (χ1n) is 20.0. The van der Waals surface area contributed by atoms with Crippen molar-refractivity contribution in [2.24, 2.45) is 0 Å². The summed E-state index contributed by atoms with van der Waals surface area (Å²) in [6, 6.07) is 0. The van der Waals surface area contributed by atoms with Crippen LogP contribution in [0.4, 0.5) is 0 Å². The highest BCUT2D eigenvalue weighted by Crippen LogP contribution is 2.19. The summed E-state index contributed by atoms with van der Waals surface area (Å²) in [6.07, 6.45) is 42.6. The van der Waals surface area contributed by atoms with Crippen LogP contribution in [0.2, 0.25) is 0 Å². The molecule has 0 saturated heterocycles. The van der Waals surface area contributed by atoms with Crippen LogP contribution in [-0.4, -0.2) is 23.1 Å². The molecule has 0 aromatic heterocycles. The van der Waals surface area contributed by atoms with E-state index in [4.69, 9.17) is 9.84 Å². The van der Waals surface area contributed by atoms with Crippen molar-refractivity contribution in [3.05, 3.63) is 0 Å². The molecule has 262 valence electrons. The van der Waals surface area contributed by atoms with E-state index in [1.807, 2.05) is 0 Å². The fourth-order valence-electron chi connectivity index (χ4n) is 6.36. The summed E-state index contributed by atoms with van der Waals surface area (Å²) in [6.45, 7) is 4.56. The number of hydrogen-bond acceptors (Lipinski definition) is 3. The first kappa shape index (κ1) is 42.9. The first-order chi connectivity index (χ1) is 21.6. The van der Waals surface area contributed by atoms with Crippen LogP contribution in [0, 0.1) is 0 Å². The van der Waals surface area contributed by atoms with Gasteiger partial charge in [-0.15, -0.1) is 0 Å². The van der Waals surface area contributed by atoms with E-state index in [2.05, 4.69) is 13.8 Å². The van der Waals surface area contributed by atoms with E-state index in [9.17, 15) is 9.59 Å². The molecule has 0 heterocycles. The molecule has 0 spiro atoms. The number of unbranched alkanes of at least 4 members (excludes halogenated alkanes) is 28. The Balaban J connectivity index is 3.96. The van der Waals surface area contributed by atoms with Gasteiger partial charge in [-0.2, -0.15) is 0 Å². The molecule has 0 rings (SSSR count). The molecule has 0 aliphatic carbocycles. The molecular weight excluding hydrogens is 544 g/mol. The fraction of sp³-hybridized carbons (Fsp3) is 0.950. The Bertz CT molecular complexity index is 590. The number of esters is 1. The summed E-state index contributed by atoms with van der Waals surface area (Å²) in [5.41, 5.74) is 0. The van der Waals surface area contributed by atoms with Crippen LogP contribution in [-0.2, 0) is 14.3 Å². The zero-order valence-corrected chi connectivity index (χ0v) is 30.0. The molecular formula is C40H78O4. The second-order valence-corrected chi connectivity index (χ2v) is 13.8. The Labute approximate surface area is 275 Å². The van der Waals surface area contributed by atoms with Crippen molar-refractivity contribution in [2.45, 2.75) is 245 Å². The minimum Gasteiger partial charge on any atom is -0.481 e. The van der Waals surface area contributed by atoms with Gasteiger partial charge in [0.05, 0.1) is 0 Å². The molecule has 44 heavy (non-hydrogen) atoms. The minimum absolute atomic E-state index is 0.00854. The summed E-state index contributed by atoms with van der Waals surface area (Å²) < 4.78 is 6.00. The van der Waals surface area contributed by atoms with Gasteiger partial charge in [-0.25, -0.2) is 0 Å². The van der Waals surface area contributed by atoms with Crippen LogP contribution < -0.4 is 0 Å². The summed E-state index contributed by atoms with van der Waals surface area (Å²) in [5.74, 6) is -0.688. The van der Waals surface area contributed by atoms with Crippen molar-refractivity contribution in [1.29, 1.82) is 0 Å². The van der Waals surface area contributed by atoms with Crippen molar-refractivity contribution in [3.63, 3.8) is 0 Å². The summed E-state index contributed by atoms with van der Waals surface area (Å²) in [7, 11) is 0. The molecule has 0 amide bonds. The Kier molecular flexibility index (Phi) is 35.5. The molecule has 1 atom stereocenters. The second kappa shape index (κ2) is 36.4. The van der Waals surface area contributed by atoms with E-state index in [1.165, 1.54) is 148 Å². The number of carboxylic acid groups (broad SMARTS) is 1. The topological polar surface area (TPSA) is 63.6 Å². The van der Waals surface area contributed by atoms with Gasteiger partial charge in [-0.3, -0.25) is 9.59 Å². The third-order valence-electron chi connectivity index (χ3n) is 9.33. The maximum Gasteiger partial charge on any atom is 0.306 e. The molecule has 0 aromatic carbocycles. The van der Waals surface area contributed by atoms with Crippen molar-refractivity contribution < 1.29 is 19.4 Å².